The lowest BCUT2D eigenvalue weighted by molar-refractivity contribution is -0.122. The summed E-state index contributed by atoms with van der Waals surface area (Å²) in [6.45, 7) is 8.34. The van der Waals surface area contributed by atoms with Crippen LogP contribution in [0.2, 0.25) is 0 Å². The van der Waals surface area contributed by atoms with Crippen LogP contribution in [-0.4, -0.2) is 54.4 Å². The lowest BCUT2D eigenvalue weighted by atomic mass is 9.87. The van der Waals surface area contributed by atoms with Crippen LogP contribution in [0, 0.1) is 31.6 Å². The van der Waals surface area contributed by atoms with E-state index in [1.807, 2.05) is 24.8 Å². The fraction of sp³-hybridized carbons (Fsp3) is 0.581. The van der Waals surface area contributed by atoms with Crippen LogP contribution in [0.1, 0.15) is 72.1 Å². The number of likely N-dealkylation sites (tertiary alicyclic amines) is 1. The molecule has 198 valence electrons. The molecule has 2 atom stereocenters. The van der Waals surface area contributed by atoms with Crippen LogP contribution < -0.4 is 10.2 Å². The molecule has 2 amide bonds. The summed E-state index contributed by atoms with van der Waals surface area (Å²) in [5.41, 5.74) is 5.22. The number of nitrogens with zero attached hydrogens (tertiary/aromatic N) is 3. The second kappa shape index (κ2) is 11.7. The Morgan fingerprint density at radius 1 is 1.00 bits per heavy atom. The molecule has 2 unspecified atom stereocenters. The van der Waals surface area contributed by atoms with Crippen LogP contribution in [0.5, 0.6) is 0 Å². The number of hydrogen-bond donors (Lipinski definition) is 1. The monoisotopic (exact) mass is 502 g/mol. The van der Waals surface area contributed by atoms with Crippen LogP contribution in [0.15, 0.2) is 36.5 Å². The number of pyridine rings is 1. The minimum atomic E-state index is 0.136. The zero-order chi connectivity index (χ0) is 25.8. The van der Waals surface area contributed by atoms with Gasteiger partial charge in [-0.25, -0.2) is 0 Å². The predicted molar refractivity (Wildman–Crippen MR) is 148 cm³/mol. The van der Waals surface area contributed by atoms with Crippen LogP contribution in [-0.2, 0) is 11.2 Å². The number of nitrogens with one attached hydrogen (secondary N) is 1. The average molecular weight is 503 g/mol. The highest BCUT2D eigenvalue weighted by Crippen LogP contribution is 2.35. The van der Waals surface area contributed by atoms with E-state index in [-0.39, 0.29) is 11.8 Å². The standard InChI is InChI=1S/C31H42N4O2/c1-22-13-15-32-23(2)30(22)31(37)35-20-26-18-34(19-27(26)21-35)28-12-6-10-24(16-28)11-7-14-33-29(36)17-25-8-4-3-5-9-25/h6,10,12-13,15-16,25-27H,3-5,7-9,11,14,17-21H2,1-2H3,(H,33,36). The van der Waals surface area contributed by atoms with Crippen molar-refractivity contribution < 1.29 is 9.59 Å². The van der Waals surface area contributed by atoms with E-state index in [0.29, 0.717) is 24.2 Å². The highest BCUT2D eigenvalue weighted by atomic mass is 16.2. The second-order valence-corrected chi connectivity index (χ2v) is 11.6. The molecule has 5 rings (SSSR count). The summed E-state index contributed by atoms with van der Waals surface area (Å²) < 4.78 is 0. The molecular formula is C31H42N4O2. The largest absolute Gasteiger partial charge is 0.371 e. The van der Waals surface area contributed by atoms with Crippen molar-refractivity contribution in [2.45, 2.75) is 65.2 Å². The van der Waals surface area contributed by atoms with Crippen molar-refractivity contribution in [3.63, 3.8) is 0 Å². The van der Waals surface area contributed by atoms with Gasteiger partial charge in [-0.1, -0.05) is 31.4 Å². The van der Waals surface area contributed by atoms with Gasteiger partial charge in [0, 0.05) is 62.9 Å². The van der Waals surface area contributed by atoms with Crippen LogP contribution in [0.4, 0.5) is 5.69 Å². The molecule has 0 bridgehead atoms. The van der Waals surface area contributed by atoms with Crippen molar-refractivity contribution in [1.82, 2.24) is 15.2 Å². The molecule has 6 heteroatoms. The quantitative estimate of drug-likeness (QED) is 0.520. The Balaban J connectivity index is 1.08. The fourth-order valence-electron chi connectivity index (χ4n) is 6.70. The number of carbonyl (C=O) groups excluding carboxylic acids is 2. The summed E-state index contributed by atoms with van der Waals surface area (Å²) in [4.78, 5) is 34.4. The van der Waals surface area contributed by atoms with Gasteiger partial charge in [-0.15, -0.1) is 0 Å². The first-order valence-corrected chi connectivity index (χ1v) is 14.3. The molecule has 1 aromatic carbocycles. The number of amides is 2. The lowest BCUT2D eigenvalue weighted by Crippen LogP contribution is -2.34. The Kier molecular flexibility index (Phi) is 8.11. The van der Waals surface area contributed by atoms with Gasteiger partial charge in [0.15, 0.2) is 0 Å². The summed E-state index contributed by atoms with van der Waals surface area (Å²) >= 11 is 0. The van der Waals surface area contributed by atoms with Crippen molar-refractivity contribution in [2.24, 2.45) is 17.8 Å². The van der Waals surface area contributed by atoms with Crippen molar-refractivity contribution >= 4 is 17.5 Å². The molecule has 2 aliphatic heterocycles. The lowest BCUT2D eigenvalue weighted by Gasteiger charge is -2.24. The Bertz CT molecular complexity index is 1080. The van der Waals surface area contributed by atoms with Gasteiger partial charge in [-0.05, 0) is 74.8 Å². The van der Waals surface area contributed by atoms with E-state index in [0.717, 1.165) is 62.4 Å². The maximum absolute atomic E-state index is 13.2. The predicted octanol–water partition coefficient (Wildman–Crippen LogP) is 4.93. The SMILES string of the molecule is Cc1ccnc(C)c1C(=O)N1CC2CN(c3cccc(CCCNC(=O)CC4CCCCC4)c3)CC2C1. The summed E-state index contributed by atoms with van der Waals surface area (Å²) in [7, 11) is 0. The van der Waals surface area contributed by atoms with E-state index < -0.39 is 0 Å². The van der Waals surface area contributed by atoms with Crippen LogP contribution in [0.3, 0.4) is 0 Å². The van der Waals surface area contributed by atoms with Gasteiger partial charge in [-0.2, -0.15) is 0 Å². The van der Waals surface area contributed by atoms with E-state index in [1.165, 1.54) is 43.4 Å². The summed E-state index contributed by atoms with van der Waals surface area (Å²) in [6, 6.07) is 10.8. The number of carbonyl (C=O) groups is 2. The number of benzene rings is 1. The molecule has 3 fully saturated rings. The van der Waals surface area contributed by atoms with Crippen molar-refractivity contribution in [3.05, 3.63) is 58.9 Å². The number of fused-ring (bicyclic) bond motifs is 1. The molecule has 3 aliphatic rings. The minimum absolute atomic E-state index is 0.136. The molecule has 1 N–H and O–H groups in total. The van der Waals surface area contributed by atoms with Crippen molar-refractivity contribution in [2.75, 3.05) is 37.6 Å². The zero-order valence-corrected chi connectivity index (χ0v) is 22.5. The fourth-order valence-corrected chi connectivity index (χ4v) is 6.70. The molecule has 1 aliphatic carbocycles. The maximum Gasteiger partial charge on any atom is 0.255 e. The number of aromatic nitrogens is 1. The molecule has 2 saturated heterocycles. The van der Waals surface area contributed by atoms with Crippen molar-refractivity contribution in [1.29, 1.82) is 0 Å². The third-order valence-electron chi connectivity index (χ3n) is 8.78. The Hall–Kier alpha value is -2.89. The minimum Gasteiger partial charge on any atom is -0.371 e. The van der Waals surface area contributed by atoms with E-state index in [4.69, 9.17) is 0 Å². The number of hydrogen-bond acceptors (Lipinski definition) is 4. The average Bonchev–Trinajstić information content (AvgIpc) is 3.47. The first-order chi connectivity index (χ1) is 18.0. The van der Waals surface area contributed by atoms with E-state index in [2.05, 4.69) is 39.5 Å². The van der Waals surface area contributed by atoms with E-state index in [1.54, 1.807) is 6.20 Å². The first kappa shape index (κ1) is 25.7. The van der Waals surface area contributed by atoms with Gasteiger partial charge in [0.2, 0.25) is 5.91 Å². The van der Waals surface area contributed by atoms with Gasteiger partial charge in [0.05, 0.1) is 11.3 Å². The molecule has 0 spiro atoms. The van der Waals surface area contributed by atoms with E-state index in [9.17, 15) is 9.59 Å². The highest BCUT2D eigenvalue weighted by Gasteiger charge is 2.42. The van der Waals surface area contributed by atoms with Gasteiger partial charge in [0.1, 0.15) is 0 Å². The normalized spacial score (nSPS) is 21.8. The number of aryl methyl sites for hydroxylation is 3. The molecule has 1 saturated carbocycles. The molecule has 1 aromatic heterocycles. The maximum atomic E-state index is 13.2. The first-order valence-electron chi connectivity index (χ1n) is 14.3. The van der Waals surface area contributed by atoms with Gasteiger partial charge in [0.25, 0.3) is 5.91 Å². The van der Waals surface area contributed by atoms with Gasteiger partial charge in [-0.3, -0.25) is 14.6 Å². The molecular weight excluding hydrogens is 460 g/mol. The third kappa shape index (κ3) is 6.16. The van der Waals surface area contributed by atoms with Crippen LogP contribution in [0.25, 0.3) is 0 Å². The second-order valence-electron chi connectivity index (χ2n) is 11.6. The topological polar surface area (TPSA) is 65.5 Å². The van der Waals surface area contributed by atoms with Gasteiger partial charge >= 0.3 is 0 Å². The molecule has 6 nitrogen and oxygen atoms in total. The highest BCUT2D eigenvalue weighted by molar-refractivity contribution is 5.96. The smallest absolute Gasteiger partial charge is 0.255 e. The van der Waals surface area contributed by atoms with Crippen LogP contribution >= 0.6 is 0 Å². The summed E-state index contributed by atoms with van der Waals surface area (Å²) in [5.74, 6) is 2.00. The Morgan fingerprint density at radius 2 is 1.76 bits per heavy atom. The zero-order valence-electron chi connectivity index (χ0n) is 22.5. The number of anilines is 1. The summed E-state index contributed by atoms with van der Waals surface area (Å²) in [5, 5.41) is 3.14. The number of rotatable bonds is 8. The molecule has 37 heavy (non-hydrogen) atoms. The third-order valence-corrected chi connectivity index (χ3v) is 8.78. The molecule has 2 aromatic rings. The van der Waals surface area contributed by atoms with Gasteiger partial charge < -0.3 is 15.1 Å². The van der Waals surface area contributed by atoms with E-state index >= 15 is 0 Å². The Morgan fingerprint density at radius 3 is 2.49 bits per heavy atom. The Labute approximate surface area is 221 Å². The molecule has 3 heterocycles. The molecule has 0 radical (unpaired) electrons. The van der Waals surface area contributed by atoms with Crippen molar-refractivity contribution in [3.8, 4) is 0 Å². The summed E-state index contributed by atoms with van der Waals surface area (Å²) in [6.07, 6.45) is 10.8.